The standard InChI is InChI=1S/C23H26N4O5/c1-31-12-13-32-16-19(28)26(14-17-8-4-2-5-9-17)20-21(24)27(23(30)25-22(20)29)15-18-10-6-3-7-11-18/h2-11H,12-16,24H2,1H3,(H,25,29,30). The summed E-state index contributed by atoms with van der Waals surface area (Å²) in [6.45, 7) is 0.515. The van der Waals surface area contributed by atoms with Crippen LogP contribution in [0.25, 0.3) is 0 Å². The van der Waals surface area contributed by atoms with Gasteiger partial charge in [0.25, 0.3) is 11.5 Å². The van der Waals surface area contributed by atoms with Crippen molar-refractivity contribution in [2.75, 3.05) is 37.6 Å². The van der Waals surface area contributed by atoms with Gasteiger partial charge in [0.05, 0.1) is 26.3 Å². The number of carbonyl (C=O) groups excluding carboxylic acids is 1. The number of methoxy groups -OCH3 is 1. The van der Waals surface area contributed by atoms with E-state index in [-0.39, 0.29) is 37.8 Å². The summed E-state index contributed by atoms with van der Waals surface area (Å²) in [5.41, 5.74) is 6.42. The molecule has 32 heavy (non-hydrogen) atoms. The molecule has 0 atom stereocenters. The van der Waals surface area contributed by atoms with E-state index in [4.69, 9.17) is 15.2 Å². The summed E-state index contributed by atoms with van der Waals surface area (Å²) < 4.78 is 11.5. The lowest BCUT2D eigenvalue weighted by molar-refractivity contribution is -0.123. The number of nitrogens with zero attached hydrogens (tertiary/aromatic N) is 2. The number of amides is 1. The van der Waals surface area contributed by atoms with E-state index in [9.17, 15) is 14.4 Å². The van der Waals surface area contributed by atoms with Gasteiger partial charge in [-0.3, -0.25) is 24.0 Å². The first-order chi connectivity index (χ1) is 15.5. The Morgan fingerprint density at radius 2 is 1.62 bits per heavy atom. The summed E-state index contributed by atoms with van der Waals surface area (Å²) in [5.74, 6) is -0.559. The SMILES string of the molecule is COCCOCC(=O)N(Cc1ccccc1)c1c(N)n(Cc2ccccc2)c(=O)[nH]c1=O. The third-order valence-corrected chi connectivity index (χ3v) is 4.81. The average molecular weight is 438 g/mol. The lowest BCUT2D eigenvalue weighted by Crippen LogP contribution is -2.42. The Balaban J connectivity index is 2.00. The highest BCUT2D eigenvalue weighted by atomic mass is 16.5. The molecule has 3 aromatic rings. The van der Waals surface area contributed by atoms with Crippen LogP contribution in [0, 0.1) is 0 Å². The third kappa shape index (κ3) is 5.71. The highest BCUT2D eigenvalue weighted by Crippen LogP contribution is 2.20. The van der Waals surface area contributed by atoms with Gasteiger partial charge in [-0.25, -0.2) is 4.79 Å². The Kier molecular flexibility index (Phi) is 7.96. The van der Waals surface area contributed by atoms with E-state index in [2.05, 4.69) is 4.98 Å². The third-order valence-electron chi connectivity index (χ3n) is 4.81. The molecule has 0 spiro atoms. The summed E-state index contributed by atoms with van der Waals surface area (Å²) in [4.78, 5) is 41.8. The Labute approximate surface area is 185 Å². The van der Waals surface area contributed by atoms with Gasteiger partial charge in [0.2, 0.25) is 0 Å². The van der Waals surface area contributed by atoms with Crippen LogP contribution in [0.5, 0.6) is 0 Å². The lowest BCUT2D eigenvalue weighted by Gasteiger charge is -2.24. The van der Waals surface area contributed by atoms with Crippen LogP contribution in [-0.4, -0.2) is 42.4 Å². The zero-order valence-corrected chi connectivity index (χ0v) is 17.8. The van der Waals surface area contributed by atoms with E-state index in [1.165, 1.54) is 16.6 Å². The van der Waals surface area contributed by atoms with Crippen molar-refractivity contribution in [3.8, 4) is 0 Å². The summed E-state index contributed by atoms with van der Waals surface area (Å²) in [7, 11) is 1.53. The molecule has 9 heteroatoms. The highest BCUT2D eigenvalue weighted by Gasteiger charge is 2.24. The predicted molar refractivity (Wildman–Crippen MR) is 122 cm³/mol. The fourth-order valence-electron chi connectivity index (χ4n) is 3.20. The number of benzene rings is 2. The number of carbonyl (C=O) groups is 1. The summed E-state index contributed by atoms with van der Waals surface area (Å²) in [5, 5.41) is 0. The van der Waals surface area contributed by atoms with Crippen molar-refractivity contribution in [1.29, 1.82) is 0 Å². The van der Waals surface area contributed by atoms with Crippen molar-refractivity contribution in [3.63, 3.8) is 0 Å². The van der Waals surface area contributed by atoms with E-state index >= 15 is 0 Å². The molecule has 1 aromatic heterocycles. The fourth-order valence-corrected chi connectivity index (χ4v) is 3.20. The van der Waals surface area contributed by atoms with Crippen molar-refractivity contribution >= 4 is 17.4 Å². The fraction of sp³-hybridized carbons (Fsp3) is 0.261. The number of nitrogens with one attached hydrogen (secondary N) is 1. The second-order valence-corrected chi connectivity index (χ2v) is 7.08. The summed E-state index contributed by atoms with van der Waals surface area (Å²) >= 11 is 0. The number of anilines is 2. The second-order valence-electron chi connectivity index (χ2n) is 7.08. The number of aromatic amines is 1. The molecule has 0 unspecified atom stereocenters. The number of hydrogen-bond donors (Lipinski definition) is 2. The number of aromatic nitrogens is 2. The molecule has 0 aliphatic heterocycles. The maximum atomic E-state index is 13.0. The number of H-pyrrole nitrogens is 1. The monoisotopic (exact) mass is 438 g/mol. The van der Waals surface area contributed by atoms with Crippen LogP contribution in [0.15, 0.2) is 70.3 Å². The highest BCUT2D eigenvalue weighted by molar-refractivity contribution is 5.96. The van der Waals surface area contributed by atoms with E-state index in [1.54, 1.807) is 0 Å². The zero-order valence-electron chi connectivity index (χ0n) is 17.8. The maximum absolute atomic E-state index is 13.0. The Bertz CT molecular complexity index is 1140. The van der Waals surface area contributed by atoms with E-state index < -0.39 is 17.2 Å². The number of nitrogen functional groups attached to an aromatic ring is 1. The van der Waals surface area contributed by atoms with Crippen LogP contribution >= 0.6 is 0 Å². The van der Waals surface area contributed by atoms with Gasteiger partial charge in [-0.1, -0.05) is 60.7 Å². The summed E-state index contributed by atoms with van der Waals surface area (Å²) in [6, 6.07) is 18.4. The molecular formula is C23H26N4O5. The van der Waals surface area contributed by atoms with Gasteiger partial charge in [0, 0.05) is 7.11 Å². The van der Waals surface area contributed by atoms with Crippen molar-refractivity contribution in [2.24, 2.45) is 0 Å². The number of nitrogens with two attached hydrogens (primary N) is 1. The zero-order chi connectivity index (χ0) is 22.9. The molecule has 9 nitrogen and oxygen atoms in total. The summed E-state index contributed by atoms with van der Waals surface area (Å²) in [6.07, 6.45) is 0. The average Bonchev–Trinajstić information content (AvgIpc) is 2.80. The minimum Gasteiger partial charge on any atom is -0.383 e. The lowest BCUT2D eigenvalue weighted by atomic mass is 10.2. The molecule has 0 aliphatic rings. The number of ether oxygens (including phenoxy) is 2. The van der Waals surface area contributed by atoms with Crippen molar-refractivity contribution in [1.82, 2.24) is 9.55 Å². The van der Waals surface area contributed by atoms with Gasteiger partial charge < -0.3 is 15.2 Å². The van der Waals surface area contributed by atoms with Crippen LogP contribution in [0.1, 0.15) is 11.1 Å². The van der Waals surface area contributed by atoms with Crippen molar-refractivity contribution in [2.45, 2.75) is 13.1 Å². The smallest absolute Gasteiger partial charge is 0.330 e. The topological polar surface area (TPSA) is 120 Å². The number of hydrogen-bond acceptors (Lipinski definition) is 6. The van der Waals surface area contributed by atoms with Gasteiger partial charge >= 0.3 is 5.69 Å². The predicted octanol–water partition coefficient (Wildman–Crippen LogP) is 1.36. The Morgan fingerprint density at radius 1 is 1.00 bits per heavy atom. The van der Waals surface area contributed by atoms with Crippen LogP contribution < -0.4 is 21.9 Å². The van der Waals surface area contributed by atoms with Gasteiger partial charge in [0.15, 0.2) is 5.69 Å². The molecule has 3 rings (SSSR count). The molecule has 2 aromatic carbocycles. The molecule has 0 saturated carbocycles. The van der Waals surface area contributed by atoms with Gasteiger partial charge in [0.1, 0.15) is 12.4 Å². The van der Waals surface area contributed by atoms with Crippen LogP contribution in [0.4, 0.5) is 11.5 Å². The van der Waals surface area contributed by atoms with Crippen LogP contribution in [0.3, 0.4) is 0 Å². The van der Waals surface area contributed by atoms with E-state index in [0.29, 0.717) is 6.61 Å². The Hall–Kier alpha value is -3.69. The number of rotatable bonds is 10. The largest absolute Gasteiger partial charge is 0.383 e. The first kappa shape index (κ1) is 23.0. The minimum absolute atomic E-state index is 0.0874. The van der Waals surface area contributed by atoms with Gasteiger partial charge in [-0.05, 0) is 11.1 Å². The quantitative estimate of drug-likeness (QED) is 0.461. The Morgan fingerprint density at radius 3 is 2.25 bits per heavy atom. The molecular weight excluding hydrogens is 412 g/mol. The first-order valence-corrected chi connectivity index (χ1v) is 10.1. The normalized spacial score (nSPS) is 10.8. The minimum atomic E-state index is -0.738. The molecule has 3 N–H and O–H groups in total. The van der Waals surface area contributed by atoms with Crippen molar-refractivity contribution in [3.05, 3.63) is 92.6 Å². The van der Waals surface area contributed by atoms with Crippen molar-refractivity contribution < 1.29 is 14.3 Å². The molecule has 168 valence electrons. The molecule has 0 bridgehead atoms. The van der Waals surface area contributed by atoms with E-state index in [1.807, 2.05) is 60.7 Å². The van der Waals surface area contributed by atoms with Crippen LogP contribution in [0.2, 0.25) is 0 Å². The first-order valence-electron chi connectivity index (χ1n) is 10.1. The van der Waals surface area contributed by atoms with Gasteiger partial charge in [-0.15, -0.1) is 0 Å². The van der Waals surface area contributed by atoms with Gasteiger partial charge in [-0.2, -0.15) is 0 Å². The maximum Gasteiger partial charge on any atom is 0.330 e. The molecule has 0 saturated heterocycles. The molecule has 0 aliphatic carbocycles. The van der Waals surface area contributed by atoms with Crippen LogP contribution in [-0.2, 0) is 27.4 Å². The molecule has 1 heterocycles. The molecule has 0 fully saturated rings. The molecule has 0 radical (unpaired) electrons. The molecule has 1 amide bonds. The second kappa shape index (κ2) is 11.1. The van der Waals surface area contributed by atoms with E-state index in [0.717, 1.165) is 11.1 Å².